The second-order valence-corrected chi connectivity index (χ2v) is 4.57. The van der Waals surface area contributed by atoms with E-state index in [9.17, 15) is 4.79 Å². The molecule has 0 aliphatic heterocycles. The number of rotatable bonds is 3. The first-order valence-corrected chi connectivity index (χ1v) is 6.05. The summed E-state index contributed by atoms with van der Waals surface area (Å²) >= 11 is 5.18. The number of ether oxygens (including phenoxy) is 1. The number of hydrogen-bond acceptors (Lipinski definition) is 4. The average Bonchev–Trinajstić information content (AvgIpc) is 2.27. The van der Waals surface area contributed by atoms with Crippen molar-refractivity contribution < 1.29 is 4.74 Å². The zero-order valence-electron chi connectivity index (χ0n) is 10.6. The Balaban J connectivity index is 2.84. The van der Waals surface area contributed by atoms with Crippen LogP contribution in [0.25, 0.3) is 11.0 Å². The van der Waals surface area contributed by atoms with Gasteiger partial charge in [-0.25, -0.2) is 4.98 Å². The van der Waals surface area contributed by atoms with Crippen LogP contribution in [0.2, 0.25) is 0 Å². The highest BCUT2D eigenvalue weighted by Crippen LogP contribution is 2.13. The van der Waals surface area contributed by atoms with Gasteiger partial charge in [0, 0.05) is 12.8 Å². The third kappa shape index (κ3) is 2.21. The third-order valence-electron chi connectivity index (χ3n) is 2.79. The van der Waals surface area contributed by atoms with Crippen molar-refractivity contribution in [3.63, 3.8) is 0 Å². The number of H-pyrrole nitrogens is 1. The Morgan fingerprint density at radius 3 is 2.89 bits per heavy atom. The Kier molecular flexibility index (Phi) is 3.58. The van der Waals surface area contributed by atoms with Crippen molar-refractivity contribution in [1.29, 1.82) is 0 Å². The fraction of sp³-hybridized carbons (Fsp3) is 0.417. The minimum absolute atomic E-state index is 0.186. The Hall–Kier alpha value is -1.53. The van der Waals surface area contributed by atoms with Gasteiger partial charge < -0.3 is 9.30 Å². The summed E-state index contributed by atoms with van der Waals surface area (Å²) in [6, 6.07) is 1.89. The Morgan fingerprint density at radius 2 is 2.22 bits per heavy atom. The summed E-state index contributed by atoms with van der Waals surface area (Å²) in [7, 11) is 1.63. The van der Waals surface area contributed by atoms with Crippen LogP contribution in [0.15, 0.2) is 10.9 Å². The van der Waals surface area contributed by atoms with E-state index in [-0.39, 0.29) is 5.56 Å². The normalized spacial score (nSPS) is 11.1. The molecule has 2 heterocycles. The molecule has 0 aromatic carbocycles. The molecular formula is C12H15N3O2S. The van der Waals surface area contributed by atoms with Crippen LogP contribution < -0.4 is 5.56 Å². The van der Waals surface area contributed by atoms with Gasteiger partial charge in [0.1, 0.15) is 5.65 Å². The van der Waals surface area contributed by atoms with Crippen LogP contribution in [0.5, 0.6) is 0 Å². The van der Waals surface area contributed by atoms with Crippen LogP contribution in [0, 0.1) is 18.6 Å². The van der Waals surface area contributed by atoms with E-state index in [1.165, 1.54) is 0 Å². The van der Waals surface area contributed by atoms with Gasteiger partial charge in [0.05, 0.1) is 18.5 Å². The SMILES string of the molecule is COCCn1c(=S)[nH]c(=O)c2c(C)cc(C)nc21. The second kappa shape index (κ2) is 4.99. The van der Waals surface area contributed by atoms with Crippen molar-refractivity contribution in [2.24, 2.45) is 0 Å². The highest BCUT2D eigenvalue weighted by Gasteiger charge is 2.10. The van der Waals surface area contributed by atoms with E-state index in [1.807, 2.05) is 19.9 Å². The van der Waals surface area contributed by atoms with E-state index in [0.717, 1.165) is 11.3 Å². The van der Waals surface area contributed by atoms with Crippen molar-refractivity contribution in [2.45, 2.75) is 20.4 Å². The maximum atomic E-state index is 12.0. The molecule has 18 heavy (non-hydrogen) atoms. The number of aromatic nitrogens is 3. The number of aryl methyl sites for hydroxylation is 2. The Labute approximate surface area is 109 Å². The molecule has 6 heteroatoms. The largest absolute Gasteiger partial charge is 0.383 e. The summed E-state index contributed by atoms with van der Waals surface area (Å²) < 4.78 is 7.23. The standard InChI is InChI=1S/C12H15N3O2S/c1-7-6-8(2)13-10-9(7)11(16)14-12(18)15(10)4-5-17-3/h6H,4-5H2,1-3H3,(H,14,16,18). The van der Waals surface area contributed by atoms with Gasteiger partial charge in [-0.15, -0.1) is 0 Å². The topological polar surface area (TPSA) is 59.9 Å². The van der Waals surface area contributed by atoms with Crippen molar-refractivity contribution in [2.75, 3.05) is 13.7 Å². The van der Waals surface area contributed by atoms with Gasteiger partial charge in [-0.2, -0.15) is 0 Å². The number of hydrogen-bond donors (Lipinski definition) is 1. The highest BCUT2D eigenvalue weighted by molar-refractivity contribution is 7.71. The zero-order valence-corrected chi connectivity index (χ0v) is 11.4. The summed E-state index contributed by atoms with van der Waals surface area (Å²) in [4.78, 5) is 19.1. The Morgan fingerprint density at radius 1 is 1.50 bits per heavy atom. The summed E-state index contributed by atoms with van der Waals surface area (Å²) in [6.45, 7) is 4.88. The summed E-state index contributed by atoms with van der Waals surface area (Å²) in [5.41, 5.74) is 2.21. The van der Waals surface area contributed by atoms with Gasteiger partial charge in [0.25, 0.3) is 5.56 Å². The Bertz CT molecular complexity index is 703. The fourth-order valence-electron chi connectivity index (χ4n) is 2.01. The van der Waals surface area contributed by atoms with Gasteiger partial charge in [-0.05, 0) is 37.7 Å². The maximum absolute atomic E-state index is 12.0. The second-order valence-electron chi connectivity index (χ2n) is 4.18. The van der Waals surface area contributed by atoms with Crippen LogP contribution in [0.4, 0.5) is 0 Å². The number of methoxy groups -OCH3 is 1. The lowest BCUT2D eigenvalue weighted by atomic mass is 10.2. The van der Waals surface area contributed by atoms with Crippen molar-refractivity contribution in [1.82, 2.24) is 14.5 Å². The number of aromatic amines is 1. The van der Waals surface area contributed by atoms with E-state index in [1.54, 1.807) is 11.7 Å². The van der Waals surface area contributed by atoms with Gasteiger partial charge in [-0.3, -0.25) is 9.78 Å². The minimum Gasteiger partial charge on any atom is -0.383 e. The summed E-state index contributed by atoms with van der Waals surface area (Å²) in [5.74, 6) is 0. The number of fused-ring (bicyclic) bond motifs is 1. The molecule has 0 spiro atoms. The monoisotopic (exact) mass is 265 g/mol. The van der Waals surface area contributed by atoms with Gasteiger partial charge in [-0.1, -0.05) is 0 Å². The van der Waals surface area contributed by atoms with E-state index < -0.39 is 0 Å². The molecule has 0 bridgehead atoms. The molecule has 0 aliphatic rings. The average molecular weight is 265 g/mol. The lowest BCUT2D eigenvalue weighted by Crippen LogP contribution is -2.18. The molecule has 0 saturated heterocycles. The van der Waals surface area contributed by atoms with Crippen LogP contribution in [-0.4, -0.2) is 28.3 Å². The highest BCUT2D eigenvalue weighted by atomic mass is 32.1. The molecule has 0 saturated carbocycles. The first-order chi connectivity index (χ1) is 8.54. The number of nitrogens with zero attached hydrogens (tertiary/aromatic N) is 2. The van der Waals surface area contributed by atoms with Crippen molar-refractivity contribution in [3.8, 4) is 0 Å². The van der Waals surface area contributed by atoms with E-state index in [0.29, 0.717) is 29.0 Å². The van der Waals surface area contributed by atoms with E-state index in [2.05, 4.69) is 9.97 Å². The molecular weight excluding hydrogens is 250 g/mol. The molecule has 0 aliphatic carbocycles. The molecule has 0 fully saturated rings. The molecule has 96 valence electrons. The smallest absolute Gasteiger partial charge is 0.261 e. The summed E-state index contributed by atoms with van der Waals surface area (Å²) in [5, 5.41) is 0.588. The predicted molar refractivity (Wildman–Crippen MR) is 72.5 cm³/mol. The quantitative estimate of drug-likeness (QED) is 0.858. The molecule has 5 nitrogen and oxygen atoms in total. The molecule has 2 aromatic rings. The van der Waals surface area contributed by atoms with E-state index >= 15 is 0 Å². The third-order valence-corrected chi connectivity index (χ3v) is 3.12. The number of pyridine rings is 1. The number of nitrogens with one attached hydrogen (secondary N) is 1. The first-order valence-electron chi connectivity index (χ1n) is 5.64. The van der Waals surface area contributed by atoms with Crippen LogP contribution in [0.1, 0.15) is 11.3 Å². The fourth-order valence-corrected chi connectivity index (χ4v) is 2.28. The zero-order chi connectivity index (χ0) is 13.3. The molecule has 2 aromatic heterocycles. The van der Waals surface area contributed by atoms with Gasteiger partial charge >= 0.3 is 0 Å². The molecule has 0 radical (unpaired) electrons. The molecule has 1 N–H and O–H groups in total. The molecule has 0 unspecified atom stereocenters. The van der Waals surface area contributed by atoms with Crippen molar-refractivity contribution in [3.05, 3.63) is 32.4 Å². The molecule has 0 atom stereocenters. The predicted octanol–water partition coefficient (Wildman–Crippen LogP) is 1.72. The first kappa shape index (κ1) is 12.9. The molecule has 2 rings (SSSR count). The summed E-state index contributed by atoms with van der Waals surface area (Å²) in [6.07, 6.45) is 0. The van der Waals surface area contributed by atoms with E-state index in [4.69, 9.17) is 17.0 Å². The van der Waals surface area contributed by atoms with Crippen molar-refractivity contribution >= 4 is 23.3 Å². The minimum atomic E-state index is -0.186. The van der Waals surface area contributed by atoms with Gasteiger partial charge in [0.2, 0.25) is 0 Å². The lowest BCUT2D eigenvalue weighted by molar-refractivity contribution is 0.187. The molecule has 0 amide bonds. The lowest BCUT2D eigenvalue weighted by Gasteiger charge is -2.11. The van der Waals surface area contributed by atoms with Gasteiger partial charge in [0.15, 0.2) is 4.77 Å². The maximum Gasteiger partial charge on any atom is 0.261 e. The van der Waals surface area contributed by atoms with Crippen LogP contribution in [-0.2, 0) is 11.3 Å². The van der Waals surface area contributed by atoms with Crippen LogP contribution in [0.3, 0.4) is 0 Å². The van der Waals surface area contributed by atoms with Crippen LogP contribution >= 0.6 is 12.2 Å².